The summed E-state index contributed by atoms with van der Waals surface area (Å²) < 4.78 is 53.0. The quantitative estimate of drug-likeness (QED) is 0.388. The van der Waals surface area contributed by atoms with E-state index in [1.54, 1.807) is 60.7 Å². The van der Waals surface area contributed by atoms with Crippen LogP contribution >= 0.6 is 0 Å². The summed E-state index contributed by atoms with van der Waals surface area (Å²) in [5.41, 5.74) is 0.0333. The van der Waals surface area contributed by atoms with Crippen molar-refractivity contribution in [3.8, 4) is 0 Å². The molecule has 0 fully saturated rings. The number of benzene rings is 4. The van der Waals surface area contributed by atoms with Crippen LogP contribution in [0.5, 0.6) is 0 Å². The van der Waals surface area contributed by atoms with Crippen molar-refractivity contribution in [2.75, 3.05) is 0 Å². The van der Waals surface area contributed by atoms with Crippen molar-refractivity contribution in [1.29, 1.82) is 0 Å². The fourth-order valence-corrected chi connectivity index (χ4v) is 8.15. The van der Waals surface area contributed by atoms with Crippen LogP contribution in [0.15, 0.2) is 93.6 Å². The standard InChI is InChI=1S/C25H14O6S2/c26-24-20(32(28,29)18-11-9-14-5-1-3-7-16(14)22(18)24)13-21-25(27)23-17-8-4-2-6-15(17)10-12-19(23)33(21,30)31/h1-13,20H. The molecule has 0 N–H and O–H groups in total. The number of hydrogen-bond acceptors (Lipinski definition) is 6. The first-order valence-corrected chi connectivity index (χ1v) is 13.1. The minimum Gasteiger partial charge on any atom is -0.292 e. The minimum absolute atomic E-state index is 0.00478. The molecule has 0 spiro atoms. The second-order valence-electron chi connectivity index (χ2n) is 8.01. The smallest absolute Gasteiger partial charge is 0.210 e. The van der Waals surface area contributed by atoms with E-state index in [9.17, 15) is 26.4 Å². The molecule has 0 saturated heterocycles. The average Bonchev–Trinajstić information content (AvgIpc) is 3.13. The Labute approximate surface area is 189 Å². The molecular formula is C25H14O6S2. The average molecular weight is 475 g/mol. The minimum atomic E-state index is -4.28. The van der Waals surface area contributed by atoms with Crippen molar-refractivity contribution < 1.29 is 26.4 Å². The largest absolute Gasteiger partial charge is 0.292 e. The molecule has 8 heteroatoms. The summed E-state index contributed by atoms with van der Waals surface area (Å²) in [4.78, 5) is 25.5. The van der Waals surface area contributed by atoms with E-state index in [1.165, 1.54) is 12.1 Å². The van der Waals surface area contributed by atoms with Gasteiger partial charge in [-0.15, -0.1) is 0 Å². The van der Waals surface area contributed by atoms with Gasteiger partial charge >= 0.3 is 0 Å². The number of carbonyl (C=O) groups is 2. The number of rotatable bonds is 1. The van der Waals surface area contributed by atoms with E-state index >= 15 is 0 Å². The van der Waals surface area contributed by atoms with E-state index in [0.29, 0.717) is 21.5 Å². The molecule has 1 unspecified atom stereocenters. The summed E-state index contributed by atoms with van der Waals surface area (Å²) in [5.74, 6) is -1.54. The van der Waals surface area contributed by atoms with Crippen LogP contribution in [0.3, 0.4) is 0 Å². The highest BCUT2D eigenvalue weighted by Gasteiger charge is 2.48. The predicted molar refractivity (Wildman–Crippen MR) is 123 cm³/mol. The maximum absolute atomic E-state index is 13.3. The Morgan fingerprint density at radius 1 is 0.636 bits per heavy atom. The van der Waals surface area contributed by atoms with Gasteiger partial charge in [0.25, 0.3) is 0 Å². The Hall–Kier alpha value is -3.62. The van der Waals surface area contributed by atoms with Gasteiger partial charge in [0.2, 0.25) is 15.6 Å². The van der Waals surface area contributed by atoms with Crippen molar-refractivity contribution >= 4 is 52.8 Å². The van der Waals surface area contributed by atoms with E-state index in [1.807, 2.05) is 0 Å². The topological polar surface area (TPSA) is 102 Å². The SMILES string of the molecule is O=C1C(=CC2C(=O)c3c(ccc4ccccc34)S2(=O)=O)S(=O)(=O)c2ccc3ccccc3c21. The van der Waals surface area contributed by atoms with Crippen molar-refractivity contribution in [1.82, 2.24) is 0 Å². The second kappa shape index (κ2) is 6.46. The Bertz CT molecular complexity index is 1830. The third-order valence-electron chi connectivity index (χ3n) is 6.26. The lowest BCUT2D eigenvalue weighted by molar-refractivity contribution is 0.100. The summed E-state index contributed by atoms with van der Waals surface area (Å²) in [6.07, 6.45) is 0.818. The van der Waals surface area contributed by atoms with Crippen LogP contribution in [0.2, 0.25) is 0 Å². The van der Waals surface area contributed by atoms with Crippen molar-refractivity contribution in [3.63, 3.8) is 0 Å². The highest BCUT2D eigenvalue weighted by Crippen LogP contribution is 2.42. The molecule has 0 saturated carbocycles. The molecule has 0 radical (unpaired) electrons. The molecular weight excluding hydrogens is 460 g/mol. The van der Waals surface area contributed by atoms with Gasteiger partial charge in [-0.25, -0.2) is 16.8 Å². The molecule has 33 heavy (non-hydrogen) atoms. The zero-order valence-corrected chi connectivity index (χ0v) is 18.5. The lowest BCUT2D eigenvalue weighted by Gasteiger charge is -2.04. The first-order valence-electron chi connectivity index (χ1n) is 10.1. The molecule has 2 aliphatic rings. The van der Waals surface area contributed by atoms with Crippen molar-refractivity contribution in [2.45, 2.75) is 15.0 Å². The number of carbonyl (C=O) groups excluding carboxylic acids is 2. The van der Waals surface area contributed by atoms with E-state index in [-0.39, 0.29) is 20.9 Å². The molecule has 4 aromatic carbocycles. The lowest BCUT2D eigenvalue weighted by Crippen LogP contribution is -2.22. The Morgan fingerprint density at radius 2 is 1.18 bits per heavy atom. The van der Waals surface area contributed by atoms with E-state index in [4.69, 9.17) is 0 Å². The highest BCUT2D eigenvalue weighted by molar-refractivity contribution is 7.97. The fourth-order valence-electron chi connectivity index (χ4n) is 4.70. The maximum Gasteiger partial charge on any atom is 0.210 e. The molecule has 0 bridgehead atoms. The molecule has 0 aromatic heterocycles. The molecule has 2 heterocycles. The highest BCUT2D eigenvalue weighted by atomic mass is 32.2. The maximum atomic E-state index is 13.3. The van der Waals surface area contributed by atoms with Gasteiger partial charge < -0.3 is 0 Å². The zero-order valence-electron chi connectivity index (χ0n) is 16.8. The first-order chi connectivity index (χ1) is 15.7. The summed E-state index contributed by atoms with van der Waals surface area (Å²) in [6.45, 7) is 0. The summed E-state index contributed by atoms with van der Waals surface area (Å²) >= 11 is 0. The van der Waals surface area contributed by atoms with Crippen LogP contribution in [-0.4, -0.2) is 33.7 Å². The molecule has 0 amide bonds. The molecule has 0 aliphatic carbocycles. The van der Waals surface area contributed by atoms with Crippen LogP contribution in [0.1, 0.15) is 20.7 Å². The summed E-state index contributed by atoms with van der Waals surface area (Å²) in [7, 11) is -8.50. The molecule has 162 valence electrons. The Kier molecular flexibility index (Phi) is 3.92. The van der Waals surface area contributed by atoms with E-state index in [2.05, 4.69) is 0 Å². The fraction of sp³-hybridized carbons (Fsp3) is 0.0400. The molecule has 1 atom stereocenters. The van der Waals surface area contributed by atoms with Crippen LogP contribution in [0.4, 0.5) is 0 Å². The van der Waals surface area contributed by atoms with Gasteiger partial charge in [-0.1, -0.05) is 60.7 Å². The van der Waals surface area contributed by atoms with E-state index in [0.717, 1.165) is 6.08 Å². The van der Waals surface area contributed by atoms with Crippen LogP contribution < -0.4 is 0 Å². The Morgan fingerprint density at radius 3 is 1.82 bits per heavy atom. The monoisotopic (exact) mass is 474 g/mol. The molecule has 6 rings (SSSR count). The number of Topliss-reactive ketones (excluding diaryl/α,β-unsaturated/α-hetero) is 2. The van der Waals surface area contributed by atoms with Crippen LogP contribution in [-0.2, 0) is 19.7 Å². The first kappa shape index (κ1) is 20.0. The number of allylic oxidation sites excluding steroid dienone is 1. The van der Waals surface area contributed by atoms with Crippen molar-refractivity contribution in [3.05, 3.63) is 94.9 Å². The number of hydrogen-bond donors (Lipinski definition) is 0. The summed E-state index contributed by atoms with van der Waals surface area (Å²) in [6, 6.07) is 19.6. The van der Waals surface area contributed by atoms with Gasteiger partial charge in [0.15, 0.2) is 15.6 Å². The number of sulfone groups is 2. The van der Waals surface area contributed by atoms with Crippen molar-refractivity contribution in [2.24, 2.45) is 0 Å². The molecule has 6 nitrogen and oxygen atoms in total. The van der Waals surface area contributed by atoms with Gasteiger partial charge in [-0.2, -0.15) is 0 Å². The van der Waals surface area contributed by atoms with Crippen LogP contribution in [0.25, 0.3) is 21.5 Å². The summed E-state index contributed by atoms with van der Waals surface area (Å²) in [5, 5.41) is 0.523. The second-order valence-corrected chi connectivity index (χ2v) is 11.9. The van der Waals surface area contributed by atoms with Crippen LogP contribution in [0, 0.1) is 0 Å². The third kappa shape index (κ3) is 2.53. The Balaban J connectivity index is 1.58. The number of fused-ring (bicyclic) bond motifs is 6. The third-order valence-corrected chi connectivity index (χ3v) is 10.1. The van der Waals surface area contributed by atoms with E-state index < -0.39 is 41.4 Å². The van der Waals surface area contributed by atoms with Gasteiger partial charge in [0, 0.05) is 5.56 Å². The molecule has 2 aliphatic heterocycles. The van der Waals surface area contributed by atoms with Gasteiger partial charge in [0.05, 0.1) is 15.4 Å². The lowest BCUT2D eigenvalue weighted by atomic mass is 9.99. The molecule has 4 aromatic rings. The van der Waals surface area contributed by atoms with Gasteiger partial charge in [0.1, 0.15) is 10.2 Å². The zero-order chi connectivity index (χ0) is 23.1. The number of ketones is 2. The van der Waals surface area contributed by atoms with Gasteiger partial charge in [-0.05, 0) is 39.8 Å². The van der Waals surface area contributed by atoms with Gasteiger partial charge in [-0.3, -0.25) is 9.59 Å². The predicted octanol–water partition coefficient (Wildman–Crippen LogP) is 3.89. The normalized spacial score (nSPS) is 21.6.